The summed E-state index contributed by atoms with van der Waals surface area (Å²) in [5, 5.41) is 2.68. The first-order valence-electron chi connectivity index (χ1n) is 13.2. The normalized spacial score (nSPS) is 12.0. The Kier molecular flexibility index (Phi) is 16.3. The summed E-state index contributed by atoms with van der Waals surface area (Å²) in [5.74, 6) is -1.50. The Labute approximate surface area is 201 Å². The molecule has 1 amide bonds. The molecule has 4 nitrogen and oxygen atoms in total. The minimum absolute atomic E-state index is 0.119. The summed E-state index contributed by atoms with van der Waals surface area (Å²) in [5.41, 5.74) is 0.195. The molecule has 33 heavy (non-hydrogen) atoms. The van der Waals surface area contributed by atoms with Gasteiger partial charge in [-0.25, -0.2) is 9.18 Å². The minimum atomic E-state index is -0.743. The van der Waals surface area contributed by atoms with Crippen molar-refractivity contribution < 1.29 is 18.7 Å². The number of esters is 1. The van der Waals surface area contributed by atoms with Crippen molar-refractivity contribution in [1.29, 1.82) is 0 Å². The van der Waals surface area contributed by atoms with E-state index in [-0.39, 0.29) is 11.5 Å². The summed E-state index contributed by atoms with van der Waals surface area (Å²) in [6.45, 7) is 6.33. The number of nitrogens with one attached hydrogen (secondary N) is 1. The van der Waals surface area contributed by atoms with Crippen LogP contribution in [0, 0.1) is 11.7 Å². The van der Waals surface area contributed by atoms with Gasteiger partial charge >= 0.3 is 5.97 Å². The second-order valence-electron chi connectivity index (χ2n) is 9.47. The highest BCUT2D eigenvalue weighted by Gasteiger charge is 2.26. The number of amides is 1. The SMILES string of the molecule is CCCCCCCCCCCCCCCCOC(=O)C(NC(=O)c1cccc(F)c1)C(C)C. The second kappa shape index (κ2) is 18.5. The summed E-state index contributed by atoms with van der Waals surface area (Å²) in [6.07, 6.45) is 17.9. The molecule has 0 radical (unpaired) electrons. The highest BCUT2D eigenvalue weighted by molar-refractivity contribution is 5.96. The summed E-state index contributed by atoms with van der Waals surface area (Å²) in [6, 6.07) is 4.69. The molecule has 1 aromatic rings. The van der Waals surface area contributed by atoms with E-state index in [0.29, 0.717) is 6.61 Å². The van der Waals surface area contributed by atoms with Gasteiger partial charge in [-0.2, -0.15) is 0 Å². The fraction of sp³-hybridized carbons (Fsp3) is 0.714. The van der Waals surface area contributed by atoms with Gasteiger partial charge in [0, 0.05) is 5.56 Å². The summed E-state index contributed by atoms with van der Waals surface area (Å²) in [7, 11) is 0. The topological polar surface area (TPSA) is 55.4 Å². The van der Waals surface area contributed by atoms with Gasteiger partial charge in [0.1, 0.15) is 11.9 Å². The van der Waals surface area contributed by atoms with Crippen molar-refractivity contribution in [3.63, 3.8) is 0 Å². The van der Waals surface area contributed by atoms with Gasteiger partial charge in [0.2, 0.25) is 0 Å². The molecule has 0 bridgehead atoms. The van der Waals surface area contributed by atoms with Gasteiger partial charge in [-0.3, -0.25) is 4.79 Å². The maximum Gasteiger partial charge on any atom is 0.328 e. The first kappa shape index (κ1) is 29.1. The zero-order valence-electron chi connectivity index (χ0n) is 21.2. The van der Waals surface area contributed by atoms with Gasteiger partial charge in [0.05, 0.1) is 6.61 Å². The molecular weight excluding hydrogens is 417 g/mol. The smallest absolute Gasteiger partial charge is 0.328 e. The molecule has 0 heterocycles. The predicted molar refractivity (Wildman–Crippen MR) is 134 cm³/mol. The number of carbonyl (C=O) groups is 2. The maximum absolute atomic E-state index is 13.3. The maximum atomic E-state index is 13.3. The quantitative estimate of drug-likeness (QED) is 0.170. The van der Waals surface area contributed by atoms with Crippen molar-refractivity contribution in [2.45, 2.75) is 117 Å². The molecule has 0 aromatic heterocycles. The van der Waals surface area contributed by atoms with Crippen LogP contribution in [-0.4, -0.2) is 24.5 Å². The van der Waals surface area contributed by atoms with Crippen molar-refractivity contribution in [3.8, 4) is 0 Å². The number of hydrogen-bond acceptors (Lipinski definition) is 3. The number of benzene rings is 1. The van der Waals surface area contributed by atoms with Crippen molar-refractivity contribution in [3.05, 3.63) is 35.6 Å². The third kappa shape index (κ3) is 14.1. The number of halogens is 1. The van der Waals surface area contributed by atoms with Crippen LogP contribution in [0.1, 0.15) is 121 Å². The van der Waals surface area contributed by atoms with Crippen molar-refractivity contribution in [2.24, 2.45) is 5.92 Å². The van der Waals surface area contributed by atoms with Gasteiger partial charge in [-0.15, -0.1) is 0 Å². The fourth-order valence-corrected chi connectivity index (χ4v) is 3.91. The Bertz CT molecular complexity index is 662. The average Bonchev–Trinajstić information content (AvgIpc) is 2.79. The zero-order chi connectivity index (χ0) is 24.3. The molecule has 5 heteroatoms. The third-order valence-corrected chi connectivity index (χ3v) is 6.04. The summed E-state index contributed by atoms with van der Waals surface area (Å²) in [4.78, 5) is 24.8. The molecule has 188 valence electrons. The van der Waals surface area contributed by atoms with Crippen LogP contribution in [0.4, 0.5) is 4.39 Å². The van der Waals surface area contributed by atoms with Gasteiger partial charge < -0.3 is 10.1 Å². The zero-order valence-corrected chi connectivity index (χ0v) is 21.2. The van der Waals surface area contributed by atoms with E-state index in [1.807, 2.05) is 13.8 Å². The van der Waals surface area contributed by atoms with E-state index in [9.17, 15) is 14.0 Å². The van der Waals surface area contributed by atoms with E-state index in [0.717, 1.165) is 18.9 Å². The molecular formula is C28H46FNO3. The lowest BCUT2D eigenvalue weighted by atomic mass is 10.0. The molecule has 0 saturated heterocycles. The largest absolute Gasteiger partial charge is 0.464 e. The van der Waals surface area contributed by atoms with Gasteiger partial charge in [0.25, 0.3) is 5.91 Å². The van der Waals surface area contributed by atoms with Gasteiger partial charge in [-0.1, -0.05) is 110 Å². The van der Waals surface area contributed by atoms with E-state index in [4.69, 9.17) is 4.74 Å². The Morgan fingerprint density at radius 2 is 1.36 bits per heavy atom. The number of rotatable bonds is 19. The molecule has 0 aliphatic heterocycles. The standard InChI is InChI=1S/C28H46FNO3/c1-4-5-6-7-8-9-10-11-12-13-14-15-16-17-21-33-28(32)26(23(2)3)30-27(31)24-19-18-20-25(29)22-24/h18-20,22-23,26H,4-17,21H2,1-3H3,(H,30,31). The Morgan fingerprint density at radius 3 is 1.85 bits per heavy atom. The average molecular weight is 464 g/mol. The van der Waals surface area contributed by atoms with Gasteiger partial charge in [-0.05, 0) is 30.5 Å². The molecule has 1 unspecified atom stereocenters. The minimum Gasteiger partial charge on any atom is -0.464 e. The van der Waals surface area contributed by atoms with Crippen molar-refractivity contribution >= 4 is 11.9 Å². The number of hydrogen-bond donors (Lipinski definition) is 1. The van der Waals surface area contributed by atoms with Crippen LogP contribution in [0.3, 0.4) is 0 Å². The summed E-state index contributed by atoms with van der Waals surface area (Å²) >= 11 is 0. The Morgan fingerprint density at radius 1 is 0.848 bits per heavy atom. The van der Waals surface area contributed by atoms with E-state index >= 15 is 0 Å². The van der Waals surface area contributed by atoms with Crippen LogP contribution in [-0.2, 0) is 9.53 Å². The molecule has 1 N–H and O–H groups in total. The molecule has 1 atom stereocenters. The molecule has 0 spiro atoms. The highest BCUT2D eigenvalue weighted by Crippen LogP contribution is 2.13. The first-order chi connectivity index (χ1) is 16.0. The monoisotopic (exact) mass is 463 g/mol. The summed E-state index contributed by atoms with van der Waals surface area (Å²) < 4.78 is 18.7. The Hall–Kier alpha value is -1.91. The molecule has 1 aromatic carbocycles. The molecule has 1 rings (SSSR count). The van der Waals surface area contributed by atoms with Crippen LogP contribution in [0.25, 0.3) is 0 Å². The van der Waals surface area contributed by atoms with E-state index in [1.54, 1.807) is 0 Å². The second-order valence-corrected chi connectivity index (χ2v) is 9.47. The number of carbonyl (C=O) groups excluding carboxylic acids is 2. The van der Waals surface area contributed by atoms with E-state index in [2.05, 4.69) is 12.2 Å². The number of unbranched alkanes of at least 4 members (excludes halogenated alkanes) is 13. The van der Waals surface area contributed by atoms with E-state index < -0.39 is 23.7 Å². The van der Waals surface area contributed by atoms with Crippen LogP contribution in [0.2, 0.25) is 0 Å². The van der Waals surface area contributed by atoms with Crippen molar-refractivity contribution in [2.75, 3.05) is 6.61 Å². The number of ether oxygens (including phenoxy) is 1. The fourth-order valence-electron chi connectivity index (χ4n) is 3.91. The van der Waals surface area contributed by atoms with Crippen LogP contribution in [0.5, 0.6) is 0 Å². The van der Waals surface area contributed by atoms with Crippen LogP contribution >= 0.6 is 0 Å². The molecule has 0 fully saturated rings. The highest BCUT2D eigenvalue weighted by atomic mass is 19.1. The van der Waals surface area contributed by atoms with Crippen LogP contribution < -0.4 is 5.32 Å². The van der Waals surface area contributed by atoms with Crippen molar-refractivity contribution in [1.82, 2.24) is 5.32 Å². The van der Waals surface area contributed by atoms with Gasteiger partial charge in [0.15, 0.2) is 0 Å². The third-order valence-electron chi connectivity index (χ3n) is 6.04. The van der Waals surface area contributed by atoms with Crippen LogP contribution in [0.15, 0.2) is 24.3 Å². The lowest BCUT2D eigenvalue weighted by Crippen LogP contribution is -2.45. The predicted octanol–water partition coefficient (Wildman–Crippen LogP) is 7.60. The lowest BCUT2D eigenvalue weighted by Gasteiger charge is -2.21. The molecule has 0 aliphatic carbocycles. The van der Waals surface area contributed by atoms with E-state index in [1.165, 1.54) is 95.2 Å². The first-order valence-corrected chi connectivity index (χ1v) is 13.2. The molecule has 0 aliphatic rings. The Balaban J connectivity index is 2.08. The molecule has 0 saturated carbocycles. The lowest BCUT2D eigenvalue weighted by molar-refractivity contribution is -0.147.